The highest BCUT2D eigenvalue weighted by atomic mass is 35.5. The highest BCUT2D eigenvalue weighted by Gasteiger charge is 2.33. The van der Waals surface area contributed by atoms with Gasteiger partial charge in [-0.25, -0.2) is 9.13 Å². The summed E-state index contributed by atoms with van der Waals surface area (Å²) in [5, 5.41) is 11.2. The van der Waals surface area contributed by atoms with Crippen LogP contribution in [-0.2, 0) is 13.1 Å². The molecule has 1 aromatic heterocycles. The SMILES string of the molecule is CCN1CCSC1=CC=C1CC[n+]2c1n(CC)c1cc(Cl)c(C#N)cc12. The van der Waals surface area contributed by atoms with Gasteiger partial charge in [-0.15, -0.1) is 11.8 Å². The number of nitriles is 1. The van der Waals surface area contributed by atoms with Crippen molar-refractivity contribution in [1.82, 2.24) is 9.47 Å². The van der Waals surface area contributed by atoms with Crippen LogP contribution in [0.2, 0.25) is 5.02 Å². The first-order valence-corrected chi connectivity index (χ1v) is 10.5. The Hall–Kier alpha value is -1.90. The molecular formula is C20H22ClN4S+. The van der Waals surface area contributed by atoms with E-state index < -0.39 is 0 Å². The topological polar surface area (TPSA) is 35.8 Å². The zero-order valence-electron chi connectivity index (χ0n) is 15.1. The van der Waals surface area contributed by atoms with Crippen LogP contribution in [0.15, 0.2) is 29.3 Å². The summed E-state index contributed by atoms with van der Waals surface area (Å²) in [6.07, 6.45) is 5.58. The van der Waals surface area contributed by atoms with Gasteiger partial charge in [-0.1, -0.05) is 11.6 Å². The second-order valence-electron chi connectivity index (χ2n) is 6.53. The summed E-state index contributed by atoms with van der Waals surface area (Å²) in [4.78, 5) is 2.43. The molecule has 4 nitrogen and oxygen atoms in total. The molecule has 0 amide bonds. The number of thioether (sulfide) groups is 1. The fourth-order valence-corrected chi connectivity index (χ4v) is 5.23. The minimum absolute atomic E-state index is 0.528. The Morgan fingerprint density at radius 2 is 2.15 bits per heavy atom. The predicted octanol–water partition coefficient (Wildman–Crippen LogP) is 4.17. The van der Waals surface area contributed by atoms with Gasteiger partial charge < -0.3 is 4.90 Å². The van der Waals surface area contributed by atoms with Crippen LogP contribution in [0.1, 0.15) is 31.7 Å². The van der Waals surface area contributed by atoms with Crippen molar-refractivity contribution in [3.05, 3.63) is 45.7 Å². The fourth-order valence-electron chi connectivity index (χ4n) is 3.94. The Labute approximate surface area is 163 Å². The van der Waals surface area contributed by atoms with Gasteiger partial charge in [0.05, 0.1) is 28.7 Å². The summed E-state index contributed by atoms with van der Waals surface area (Å²) in [6, 6.07) is 6.07. The predicted molar refractivity (Wildman–Crippen MR) is 108 cm³/mol. The lowest BCUT2D eigenvalue weighted by molar-refractivity contribution is -0.664. The largest absolute Gasteiger partial charge is 0.366 e. The van der Waals surface area contributed by atoms with E-state index in [1.807, 2.05) is 23.9 Å². The Kier molecular flexibility index (Phi) is 4.73. The third kappa shape index (κ3) is 2.72. The second-order valence-corrected chi connectivity index (χ2v) is 8.05. The molecule has 0 radical (unpaired) electrons. The van der Waals surface area contributed by atoms with Crippen molar-refractivity contribution in [1.29, 1.82) is 5.26 Å². The molecule has 0 atom stereocenters. The zero-order chi connectivity index (χ0) is 18.3. The number of fused-ring (bicyclic) bond motifs is 3. The molecule has 0 aliphatic carbocycles. The first-order valence-electron chi connectivity index (χ1n) is 9.12. The molecule has 0 bridgehead atoms. The molecule has 1 fully saturated rings. The van der Waals surface area contributed by atoms with Crippen LogP contribution in [0.5, 0.6) is 0 Å². The number of hydrogen-bond acceptors (Lipinski definition) is 3. The van der Waals surface area contributed by atoms with Crippen molar-refractivity contribution in [2.45, 2.75) is 33.4 Å². The van der Waals surface area contributed by atoms with E-state index >= 15 is 0 Å². The van der Waals surface area contributed by atoms with E-state index in [1.54, 1.807) is 0 Å². The maximum atomic E-state index is 9.32. The summed E-state index contributed by atoms with van der Waals surface area (Å²) in [5.74, 6) is 2.42. The van der Waals surface area contributed by atoms with Crippen LogP contribution in [-0.4, -0.2) is 28.3 Å². The van der Waals surface area contributed by atoms with Crippen LogP contribution in [0.25, 0.3) is 16.6 Å². The normalized spacial score (nSPS) is 19.7. The second kappa shape index (κ2) is 7.02. The number of benzene rings is 1. The molecule has 6 heteroatoms. The zero-order valence-corrected chi connectivity index (χ0v) is 16.7. The van der Waals surface area contributed by atoms with Crippen LogP contribution >= 0.6 is 23.4 Å². The molecule has 0 spiro atoms. The van der Waals surface area contributed by atoms with Crippen molar-refractivity contribution < 1.29 is 4.57 Å². The quantitative estimate of drug-likeness (QED) is 0.744. The molecular weight excluding hydrogens is 364 g/mol. The molecule has 1 saturated heterocycles. The molecule has 134 valence electrons. The van der Waals surface area contributed by atoms with Crippen molar-refractivity contribution in [2.24, 2.45) is 0 Å². The summed E-state index contributed by atoms with van der Waals surface area (Å²) in [6.45, 7) is 8.40. The number of allylic oxidation sites excluding steroid dienone is 3. The van der Waals surface area contributed by atoms with E-state index in [0.717, 1.165) is 43.6 Å². The van der Waals surface area contributed by atoms with Crippen LogP contribution in [0.4, 0.5) is 0 Å². The van der Waals surface area contributed by atoms with E-state index in [0.29, 0.717) is 10.6 Å². The molecule has 4 rings (SSSR count). The van der Waals surface area contributed by atoms with Gasteiger partial charge in [0.25, 0.3) is 5.82 Å². The van der Waals surface area contributed by atoms with E-state index in [9.17, 15) is 5.26 Å². The lowest BCUT2D eigenvalue weighted by Crippen LogP contribution is -2.31. The number of halogens is 1. The monoisotopic (exact) mass is 385 g/mol. The standard InChI is InChI=1S/C20H22ClN4S/c1-3-23-9-10-26-19(23)6-5-14-7-8-25-17-11-15(13-22)16(21)12-18(17)24(4-2)20(14)25/h5-6,11-12H,3-4,7-10H2,1-2H3/q+1. The average molecular weight is 386 g/mol. The summed E-state index contributed by atoms with van der Waals surface area (Å²) in [5.41, 5.74) is 4.11. The smallest absolute Gasteiger partial charge is 0.285 e. The third-order valence-corrected chi connectivity index (χ3v) is 6.61. The third-order valence-electron chi connectivity index (χ3n) is 5.22. The highest BCUT2D eigenvalue weighted by Crippen LogP contribution is 2.32. The van der Waals surface area contributed by atoms with Crippen molar-refractivity contribution >= 4 is 40.0 Å². The van der Waals surface area contributed by atoms with E-state index in [2.05, 4.69) is 46.1 Å². The van der Waals surface area contributed by atoms with E-state index in [-0.39, 0.29) is 0 Å². The maximum Gasteiger partial charge on any atom is 0.285 e. The molecule has 0 unspecified atom stereocenters. The maximum absolute atomic E-state index is 9.32. The van der Waals surface area contributed by atoms with Crippen molar-refractivity contribution in [3.63, 3.8) is 0 Å². The van der Waals surface area contributed by atoms with Gasteiger partial charge in [-0.05, 0) is 26.0 Å². The number of rotatable bonds is 3. The number of nitrogens with zero attached hydrogens (tertiary/aromatic N) is 4. The van der Waals surface area contributed by atoms with Gasteiger partial charge >= 0.3 is 0 Å². The lowest BCUT2D eigenvalue weighted by Gasteiger charge is -2.15. The first kappa shape index (κ1) is 17.5. The first-order chi connectivity index (χ1) is 12.7. The van der Waals surface area contributed by atoms with Crippen molar-refractivity contribution in [3.8, 4) is 6.07 Å². The molecule has 0 N–H and O–H groups in total. The number of aromatic nitrogens is 2. The number of imidazole rings is 1. The van der Waals surface area contributed by atoms with E-state index in [4.69, 9.17) is 11.6 Å². The molecule has 1 aromatic carbocycles. The molecule has 2 aliphatic heterocycles. The van der Waals surface area contributed by atoms with Gasteiger partial charge in [0, 0.05) is 43.0 Å². The van der Waals surface area contributed by atoms with Crippen LogP contribution < -0.4 is 4.57 Å². The van der Waals surface area contributed by atoms with Gasteiger partial charge in [0.15, 0.2) is 11.0 Å². The Morgan fingerprint density at radius 3 is 2.88 bits per heavy atom. The Morgan fingerprint density at radius 1 is 1.31 bits per heavy atom. The molecule has 2 aromatic rings. The Bertz CT molecular complexity index is 980. The Balaban J connectivity index is 1.83. The minimum Gasteiger partial charge on any atom is -0.366 e. The number of aryl methyl sites for hydroxylation is 2. The van der Waals surface area contributed by atoms with Crippen molar-refractivity contribution in [2.75, 3.05) is 18.8 Å². The molecule has 2 aliphatic rings. The average Bonchev–Trinajstić information content (AvgIpc) is 3.33. The summed E-state index contributed by atoms with van der Waals surface area (Å²) >= 11 is 8.23. The fraction of sp³-hybridized carbons (Fsp3) is 0.400. The van der Waals surface area contributed by atoms with Crippen LogP contribution in [0, 0.1) is 11.3 Å². The minimum atomic E-state index is 0.528. The molecule has 0 saturated carbocycles. The van der Waals surface area contributed by atoms with Crippen LogP contribution in [0.3, 0.4) is 0 Å². The number of hydrogen-bond donors (Lipinski definition) is 0. The van der Waals surface area contributed by atoms with Gasteiger partial charge in [-0.2, -0.15) is 5.26 Å². The summed E-state index contributed by atoms with van der Waals surface area (Å²) < 4.78 is 4.65. The molecule has 3 heterocycles. The lowest BCUT2D eigenvalue weighted by atomic mass is 10.2. The van der Waals surface area contributed by atoms with Gasteiger partial charge in [-0.3, -0.25) is 0 Å². The van der Waals surface area contributed by atoms with Gasteiger partial charge in [0.1, 0.15) is 6.07 Å². The molecule has 26 heavy (non-hydrogen) atoms. The summed E-state index contributed by atoms with van der Waals surface area (Å²) in [7, 11) is 0. The van der Waals surface area contributed by atoms with Gasteiger partial charge in [0.2, 0.25) is 0 Å². The van der Waals surface area contributed by atoms with E-state index in [1.165, 1.54) is 22.2 Å². The highest BCUT2D eigenvalue weighted by molar-refractivity contribution is 8.03.